The molecular weight excluding hydrogens is 418 g/mol. The summed E-state index contributed by atoms with van der Waals surface area (Å²) < 4.78 is 11.9. The highest BCUT2D eigenvalue weighted by molar-refractivity contribution is 6.30. The molecule has 7 nitrogen and oxygen atoms in total. The van der Waals surface area contributed by atoms with E-state index in [0.29, 0.717) is 22.9 Å². The van der Waals surface area contributed by atoms with Crippen molar-refractivity contribution < 1.29 is 14.4 Å². The lowest BCUT2D eigenvalue weighted by atomic mass is 9.95. The van der Waals surface area contributed by atoms with Gasteiger partial charge in [0.2, 0.25) is 6.23 Å². The number of hydrazone groups is 1. The molecule has 8 heteroatoms. The van der Waals surface area contributed by atoms with E-state index in [1.54, 1.807) is 25.3 Å². The molecule has 0 radical (unpaired) electrons. The predicted molar refractivity (Wildman–Crippen MR) is 117 cm³/mol. The molecule has 0 aromatic heterocycles. The zero-order valence-electron chi connectivity index (χ0n) is 16.6. The van der Waals surface area contributed by atoms with Gasteiger partial charge >= 0.3 is 0 Å². The van der Waals surface area contributed by atoms with E-state index in [4.69, 9.17) is 26.2 Å². The zero-order valence-corrected chi connectivity index (χ0v) is 17.3. The summed E-state index contributed by atoms with van der Waals surface area (Å²) in [6.07, 6.45) is 0.113. The maximum absolute atomic E-state index is 11.1. The van der Waals surface area contributed by atoms with Crippen LogP contribution in [0.4, 0.5) is 5.69 Å². The Balaban J connectivity index is 1.62. The molecule has 2 atom stereocenters. The Morgan fingerprint density at radius 3 is 2.58 bits per heavy atom. The number of benzene rings is 3. The van der Waals surface area contributed by atoms with Crippen LogP contribution in [0.25, 0.3) is 0 Å². The zero-order chi connectivity index (χ0) is 21.5. The molecule has 5 rings (SSSR count). The van der Waals surface area contributed by atoms with Crippen LogP contribution in [0.5, 0.6) is 11.5 Å². The van der Waals surface area contributed by atoms with E-state index in [0.717, 1.165) is 22.4 Å². The normalized spacial score (nSPS) is 19.2. The van der Waals surface area contributed by atoms with Crippen molar-refractivity contribution in [2.45, 2.75) is 18.7 Å². The van der Waals surface area contributed by atoms with Gasteiger partial charge in [0.1, 0.15) is 0 Å². The first-order valence-corrected chi connectivity index (χ1v) is 10.1. The summed E-state index contributed by atoms with van der Waals surface area (Å²) in [6.45, 7) is 0. The minimum Gasteiger partial charge on any atom is -0.493 e. The second kappa shape index (κ2) is 7.59. The molecule has 2 aliphatic heterocycles. The molecule has 2 aliphatic rings. The van der Waals surface area contributed by atoms with Crippen LogP contribution in [0.1, 0.15) is 35.4 Å². The topological polar surface area (TPSA) is 77.2 Å². The minimum atomic E-state index is -0.561. The van der Waals surface area contributed by atoms with Crippen LogP contribution >= 0.6 is 11.6 Å². The molecule has 0 spiro atoms. The van der Waals surface area contributed by atoms with Gasteiger partial charge in [0.05, 0.1) is 23.8 Å². The van der Waals surface area contributed by atoms with Crippen molar-refractivity contribution in [1.29, 1.82) is 0 Å². The number of ether oxygens (including phenoxy) is 2. The maximum Gasteiger partial charge on any atom is 0.269 e. The first kappa shape index (κ1) is 19.4. The van der Waals surface area contributed by atoms with E-state index in [2.05, 4.69) is 0 Å². The minimum absolute atomic E-state index is 0.0239. The highest BCUT2D eigenvalue weighted by Crippen LogP contribution is 2.51. The van der Waals surface area contributed by atoms with Crippen LogP contribution in [-0.2, 0) is 0 Å². The van der Waals surface area contributed by atoms with Gasteiger partial charge < -0.3 is 9.47 Å². The average molecular weight is 436 g/mol. The third-order valence-electron chi connectivity index (χ3n) is 5.54. The number of nitro benzene ring substituents is 1. The fourth-order valence-corrected chi connectivity index (χ4v) is 4.28. The third-order valence-corrected chi connectivity index (χ3v) is 5.75. The van der Waals surface area contributed by atoms with Crippen molar-refractivity contribution in [2.75, 3.05) is 7.11 Å². The van der Waals surface area contributed by atoms with E-state index >= 15 is 0 Å². The molecule has 3 aromatic carbocycles. The van der Waals surface area contributed by atoms with Gasteiger partial charge in [-0.15, -0.1) is 0 Å². The molecule has 0 amide bonds. The lowest BCUT2D eigenvalue weighted by molar-refractivity contribution is -0.384. The first-order chi connectivity index (χ1) is 15.0. The quantitative estimate of drug-likeness (QED) is 0.399. The van der Waals surface area contributed by atoms with Gasteiger partial charge in [-0.3, -0.25) is 10.1 Å². The Morgan fingerprint density at radius 2 is 1.90 bits per heavy atom. The largest absolute Gasteiger partial charge is 0.493 e. The van der Waals surface area contributed by atoms with Crippen molar-refractivity contribution in [1.82, 2.24) is 5.01 Å². The summed E-state index contributed by atoms with van der Waals surface area (Å²) in [5, 5.41) is 18.4. The molecule has 31 heavy (non-hydrogen) atoms. The van der Waals surface area contributed by atoms with Crippen molar-refractivity contribution in [2.24, 2.45) is 5.10 Å². The van der Waals surface area contributed by atoms with Gasteiger partial charge in [-0.25, -0.2) is 5.01 Å². The summed E-state index contributed by atoms with van der Waals surface area (Å²) in [4.78, 5) is 10.6. The summed E-state index contributed by atoms with van der Waals surface area (Å²) in [5.41, 5.74) is 3.66. The molecule has 0 saturated carbocycles. The van der Waals surface area contributed by atoms with Gasteiger partial charge in [-0.05, 0) is 23.8 Å². The molecule has 0 N–H and O–H groups in total. The SMILES string of the molecule is COc1cc(Cl)cc2c1OC(c1ccc([N+](=O)[O-])cc1)N1N=C(c3ccccc3)CC21. The summed E-state index contributed by atoms with van der Waals surface area (Å²) in [6, 6.07) is 19.8. The van der Waals surface area contributed by atoms with Crippen LogP contribution in [0, 0.1) is 10.1 Å². The Kier molecular flexibility index (Phi) is 4.75. The summed E-state index contributed by atoms with van der Waals surface area (Å²) in [7, 11) is 1.57. The van der Waals surface area contributed by atoms with Crippen LogP contribution < -0.4 is 9.47 Å². The van der Waals surface area contributed by atoms with Crippen LogP contribution in [0.15, 0.2) is 71.8 Å². The van der Waals surface area contributed by atoms with E-state index in [1.807, 2.05) is 41.4 Å². The van der Waals surface area contributed by atoms with Gasteiger partial charge in [0.25, 0.3) is 5.69 Å². The monoisotopic (exact) mass is 435 g/mol. The molecule has 2 unspecified atom stereocenters. The van der Waals surface area contributed by atoms with Crippen molar-refractivity contribution in [3.63, 3.8) is 0 Å². The second-order valence-corrected chi connectivity index (χ2v) is 7.79. The molecule has 0 bridgehead atoms. The lowest BCUT2D eigenvalue weighted by Crippen LogP contribution is -2.33. The van der Waals surface area contributed by atoms with Crippen molar-refractivity contribution >= 4 is 23.0 Å². The Morgan fingerprint density at radius 1 is 1.16 bits per heavy atom. The number of fused-ring (bicyclic) bond motifs is 3. The number of methoxy groups -OCH3 is 1. The maximum atomic E-state index is 11.1. The third kappa shape index (κ3) is 3.37. The van der Waals surface area contributed by atoms with Crippen LogP contribution in [0.3, 0.4) is 0 Å². The van der Waals surface area contributed by atoms with Crippen LogP contribution in [0.2, 0.25) is 5.02 Å². The number of rotatable bonds is 4. The molecular formula is C23H18ClN3O4. The van der Waals surface area contributed by atoms with Gasteiger partial charge in [0, 0.05) is 40.8 Å². The Bertz CT molecular complexity index is 1180. The molecule has 2 heterocycles. The average Bonchev–Trinajstić information content (AvgIpc) is 3.24. The smallest absolute Gasteiger partial charge is 0.269 e. The second-order valence-electron chi connectivity index (χ2n) is 7.36. The van der Waals surface area contributed by atoms with Crippen LogP contribution in [-0.4, -0.2) is 22.8 Å². The molecule has 3 aromatic rings. The lowest BCUT2D eigenvalue weighted by Gasteiger charge is -2.38. The summed E-state index contributed by atoms with van der Waals surface area (Å²) >= 11 is 6.35. The number of halogens is 1. The van der Waals surface area contributed by atoms with E-state index < -0.39 is 11.2 Å². The number of hydrogen-bond acceptors (Lipinski definition) is 6. The first-order valence-electron chi connectivity index (χ1n) is 9.75. The Hall–Kier alpha value is -3.58. The van der Waals surface area contributed by atoms with Gasteiger partial charge in [-0.1, -0.05) is 41.9 Å². The predicted octanol–water partition coefficient (Wildman–Crippen LogP) is 5.50. The fraction of sp³-hybridized carbons (Fsp3) is 0.174. The van der Waals surface area contributed by atoms with Crippen molar-refractivity contribution in [3.05, 3.63) is 98.6 Å². The fourth-order valence-electron chi connectivity index (χ4n) is 4.06. The number of non-ortho nitro benzene ring substituents is 1. The van der Waals surface area contributed by atoms with Gasteiger partial charge in [0.15, 0.2) is 11.5 Å². The molecule has 156 valence electrons. The number of hydrogen-bond donors (Lipinski definition) is 0. The Labute approximate surface area is 183 Å². The summed E-state index contributed by atoms with van der Waals surface area (Å²) in [5.74, 6) is 1.16. The molecule has 0 aliphatic carbocycles. The standard InChI is InChI=1S/C23H18ClN3O4/c1-30-21-12-16(24)11-18-20-13-19(14-5-3-2-4-6-14)25-26(20)23(31-22(18)21)15-7-9-17(10-8-15)27(28)29/h2-12,20,23H,13H2,1H3. The van der Waals surface area contributed by atoms with E-state index in [1.165, 1.54) is 12.1 Å². The van der Waals surface area contributed by atoms with Gasteiger partial charge in [-0.2, -0.15) is 5.10 Å². The number of nitro groups is 1. The van der Waals surface area contributed by atoms with Crippen molar-refractivity contribution in [3.8, 4) is 11.5 Å². The van der Waals surface area contributed by atoms with E-state index in [9.17, 15) is 10.1 Å². The molecule has 0 saturated heterocycles. The highest BCUT2D eigenvalue weighted by Gasteiger charge is 2.42. The number of nitrogens with zero attached hydrogens (tertiary/aromatic N) is 3. The van der Waals surface area contributed by atoms with E-state index in [-0.39, 0.29) is 11.7 Å². The highest BCUT2D eigenvalue weighted by atomic mass is 35.5. The molecule has 0 fully saturated rings.